The molecule has 0 aromatic carbocycles. The lowest BCUT2D eigenvalue weighted by molar-refractivity contribution is 0.0530. The second kappa shape index (κ2) is 6.54. The SMILES string of the molecule is CCC(C#N)(CCCOC1CCCC1)NC1CC1. The fourth-order valence-electron chi connectivity index (χ4n) is 2.82. The third-order valence-corrected chi connectivity index (χ3v) is 4.28. The molecule has 0 radical (unpaired) electrons. The molecule has 1 atom stereocenters. The number of rotatable bonds is 8. The summed E-state index contributed by atoms with van der Waals surface area (Å²) in [5.41, 5.74) is -0.305. The summed E-state index contributed by atoms with van der Waals surface area (Å²) < 4.78 is 5.87. The molecule has 0 spiro atoms. The number of ether oxygens (including phenoxy) is 1. The van der Waals surface area contributed by atoms with Gasteiger partial charge in [-0.05, 0) is 44.9 Å². The van der Waals surface area contributed by atoms with Crippen molar-refractivity contribution in [3.63, 3.8) is 0 Å². The highest BCUT2D eigenvalue weighted by molar-refractivity contribution is 5.09. The van der Waals surface area contributed by atoms with Gasteiger partial charge in [0.25, 0.3) is 0 Å². The predicted octanol–water partition coefficient (Wildman–Crippen LogP) is 3.15. The Kier molecular flexibility index (Phi) is 5.03. The average Bonchev–Trinajstić information content (AvgIpc) is 3.05. The van der Waals surface area contributed by atoms with E-state index in [-0.39, 0.29) is 5.54 Å². The monoisotopic (exact) mass is 250 g/mol. The largest absolute Gasteiger partial charge is 0.378 e. The zero-order chi connectivity index (χ0) is 12.8. The predicted molar refractivity (Wildman–Crippen MR) is 72.2 cm³/mol. The van der Waals surface area contributed by atoms with Crippen LogP contribution in [0.5, 0.6) is 0 Å². The Bertz CT molecular complexity index is 289. The van der Waals surface area contributed by atoms with Crippen molar-refractivity contribution >= 4 is 0 Å². The maximum absolute atomic E-state index is 9.41. The molecule has 0 heterocycles. The van der Waals surface area contributed by atoms with Crippen LogP contribution in [0, 0.1) is 11.3 Å². The second-order valence-electron chi connectivity index (χ2n) is 5.85. The molecule has 2 fully saturated rings. The molecule has 0 aromatic rings. The van der Waals surface area contributed by atoms with E-state index in [4.69, 9.17) is 4.74 Å². The molecule has 2 rings (SSSR count). The van der Waals surface area contributed by atoms with Crippen molar-refractivity contribution in [1.82, 2.24) is 5.32 Å². The lowest BCUT2D eigenvalue weighted by Gasteiger charge is -2.27. The van der Waals surface area contributed by atoms with Gasteiger partial charge in [-0.2, -0.15) is 5.26 Å². The molecule has 1 N–H and O–H groups in total. The van der Waals surface area contributed by atoms with E-state index >= 15 is 0 Å². The Morgan fingerprint density at radius 1 is 1.28 bits per heavy atom. The van der Waals surface area contributed by atoms with Crippen LogP contribution in [-0.2, 0) is 4.74 Å². The molecule has 0 aliphatic heterocycles. The van der Waals surface area contributed by atoms with Crippen LogP contribution in [0.25, 0.3) is 0 Å². The number of hydrogen-bond acceptors (Lipinski definition) is 3. The molecule has 3 nitrogen and oxygen atoms in total. The maximum atomic E-state index is 9.41. The summed E-state index contributed by atoms with van der Waals surface area (Å²) in [5, 5.41) is 12.9. The molecule has 3 heteroatoms. The van der Waals surface area contributed by atoms with Gasteiger partial charge in [-0.1, -0.05) is 19.8 Å². The summed E-state index contributed by atoms with van der Waals surface area (Å²) in [6.07, 6.45) is 10.9. The first kappa shape index (κ1) is 13.8. The third-order valence-electron chi connectivity index (χ3n) is 4.28. The lowest BCUT2D eigenvalue weighted by atomic mass is 9.92. The number of nitriles is 1. The van der Waals surface area contributed by atoms with Crippen molar-refractivity contribution < 1.29 is 4.74 Å². The first-order valence-electron chi connectivity index (χ1n) is 7.58. The minimum atomic E-state index is -0.305. The minimum Gasteiger partial charge on any atom is -0.378 e. The van der Waals surface area contributed by atoms with Crippen molar-refractivity contribution in [2.45, 2.75) is 82.4 Å². The Morgan fingerprint density at radius 2 is 2.00 bits per heavy atom. The van der Waals surface area contributed by atoms with Crippen LogP contribution < -0.4 is 5.32 Å². The van der Waals surface area contributed by atoms with Crippen molar-refractivity contribution in [1.29, 1.82) is 5.26 Å². The van der Waals surface area contributed by atoms with Gasteiger partial charge in [-0.25, -0.2) is 0 Å². The average molecular weight is 250 g/mol. The quantitative estimate of drug-likeness (QED) is 0.673. The van der Waals surface area contributed by atoms with E-state index in [9.17, 15) is 5.26 Å². The fourth-order valence-corrected chi connectivity index (χ4v) is 2.82. The number of nitrogens with one attached hydrogen (secondary N) is 1. The summed E-state index contributed by atoms with van der Waals surface area (Å²) in [6.45, 7) is 2.93. The van der Waals surface area contributed by atoms with Crippen molar-refractivity contribution in [2.24, 2.45) is 0 Å². The highest BCUT2D eigenvalue weighted by Crippen LogP contribution is 2.27. The van der Waals surface area contributed by atoms with Gasteiger partial charge in [-0.15, -0.1) is 0 Å². The summed E-state index contributed by atoms with van der Waals surface area (Å²) in [7, 11) is 0. The highest BCUT2D eigenvalue weighted by Gasteiger charge is 2.34. The summed E-state index contributed by atoms with van der Waals surface area (Å²) in [5.74, 6) is 0. The second-order valence-corrected chi connectivity index (χ2v) is 5.85. The summed E-state index contributed by atoms with van der Waals surface area (Å²) >= 11 is 0. The molecule has 0 bridgehead atoms. The number of hydrogen-bond donors (Lipinski definition) is 1. The molecule has 2 saturated carbocycles. The van der Waals surface area contributed by atoms with Crippen LogP contribution in [-0.4, -0.2) is 24.3 Å². The Labute approximate surface area is 111 Å². The lowest BCUT2D eigenvalue weighted by Crippen LogP contribution is -2.44. The van der Waals surface area contributed by atoms with Gasteiger partial charge >= 0.3 is 0 Å². The zero-order valence-electron chi connectivity index (χ0n) is 11.6. The molecule has 0 saturated heterocycles. The highest BCUT2D eigenvalue weighted by atomic mass is 16.5. The van der Waals surface area contributed by atoms with Crippen LogP contribution in [0.1, 0.15) is 64.7 Å². The Morgan fingerprint density at radius 3 is 2.56 bits per heavy atom. The topological polar surface area (TPSA) is 45.0 Å². The van der Waals surface area contributed by atoms with E-state index in [1.807, 2.05) is 0 Å². The molecule has 0 aromatic heterocycles. The molecule has 18 heavy (non-hydrogen) atoms. The van der Waals surface area contributed by atoms with Crippen LogP contribution in [0.3, 0.4) is 0 Å². The molecule has 2 aliphatic rings. The van der Waals surface area contributed by atoms with E-state index in [0.29, 0.717) is 12.1 Å². The Hall–Kier alpha value is -0.590. The van der Waals surface area contributed by atoms with Crippen LogP contribution in [0.15, 0.2) is 0 Å². The summed E-state index contributed by atoms with van der Waals surface area (Å²) in [4.78, 5) is 0. The van der Waals surface area contributed by atoms with Crippen molar-refractivity contribution in [2.75, 3.05) is 6.61 Å². The molecule has 0 amide bonds. The maximum Gasteiger partial charge on any atom is 0.106 e. The van der Waals surface area contributed by atoms with Gasteiger partial charge in [0.2, 0.25) is 0 Å². The van der Waals surface area contributed by atoms with Gasteiger partial charge in [0.1, 0.15) is 5.54 Å². The normalized spacial score (nSPS) is 23.8. The fraction of sp³-hybridized carbons (Fsp3) is 0.933. The first-order chi connectivity index (χ1) is 8.78. The smallest absolute Gasteiger partial charge is 0.106 e. The van der Waals surface area contributed by atoms with E-state index in [1.54, 1.807) is 0 Å². The van der Waals surface area contributed by atoms with Gasteiger partial charge in [-0.3, -0.25) is 5.32 Å². The van der Waals surface area contributed by atoms with Crippen molar-refractivity contribution in [3.8, 4) is 6.07 Å². The van der Waals surface area contributed by atoms with E-state index in [1.165, 1.54) is 38.5 Å². The number of nitrogens with zero attached hydrogens (tertiary/aromatic N) is 1. The Balaban J connectivity index is 1.66. The molecular formula is C15H26N2O. The van der Waals surface area contributed by atoms with Crippen LogP contribution in [0.4, 0.5) is 0 Å². The van der Waals surface area contributed by atoms with Crippen LogP contribution in [0.2, 0.25) is 0 Å². The third kappa shape index (κ3) is 3.96. The van der Waals surface area contributed by atoms with Gasteiger partial charge in [0, 0.05) is 12.6 Å². The van der Waals surface area contributed by atoms with Crippen LogP contribution >= 0.6 is 0 Å². The standard InChI is InChI=1S/C15H26N2O/c1-2-15(12-16,17-13-8-9-13)10-5-11-18-14-6-3-4-7-14/h13-14,17H,2-11H2,1H3. The van der Waals surface area contributed by atoms with Gasteiger partial charge in [0.15, 0.2) is 0 Å². The summed E-state index contributed by atoms with van der Waals surface area (Å²) in [6, 6.07) is 3.10. The zero-order valence-corrected chi connectivity index (χ0v) is 11.6. The molecule has 102 valence electrons. The molecule has 2 aliphatic carbocycles. The van der Waals surface area contributed by atoms with Crippen molar-refractivity contribution in [3.05, 3.63) is 0 Å². The molecule has 1 unspecified atom stereocenters. The van der Waals surface area contributed by atoms with Gasteiger partial charge < -0.3 is 4.74 Å². The van der Waals surface area contributed by atoms with Gasteiger partial charge in [0.05, 0.1) is 12.2 Å². The van der Waals surface area contributed by atoms with E-state index in [2.05, 4.69) is 18.3 Å². The first-order valence-corrected chi connectivity index (χ1v) is 7.58. The minimum absolute atomic E-state index is 0.305. The molecular weight excluding hydrogens is 224 g/mol. The van der Waals surface area contributed by atoms with E-state index < -0.39 is 0 Å². The van der Waals surface area contributed by atoms with E-state index in [0.717, 1.165) is 25.9 Å².